The van der Waals surface area contributed by atoms with Gasteiger partial charge in [0.15, 0.2) is 0 Å². The van der Waals surface area contributed by atoms with E-state index in [1.54, 1.807) is 12.1 Å². The second-order valence-corrected chi connectivity index (χ2v) is 4.26. The Morgan fingerprint density at radius 2 is 2.00 bits per heavy atom. The molecule has 0 saturated heterocycles. The average molecular weight is 264 g/mol. The van der Waals surface area contributed by atoms with Crippen LogP contribution >= 0.6 is 11.6 Å². The quantitative estimate of drug-likeness (QED) is 0.795. The average Bonchev–Trinajstić information content (AvgIpc) is 2.40. The molecule has 0 saturated carbocycles. The smallest absolute Gasteiger partial charge is 0.238 e. The van der Waals surface area contributed by atoms with Crippen molar-refractivity contribution in [1.29, 1.82) is 0 Å². The van der Waals surface area contributed by atoms with Crippen molar-refractivity contribution in [2.75, 3.05) is 19.0 Å². The van der Waals surface area contributed by atoms with Gasteiger partial charge in [-0.1, -0.05) is 6.07 Å². The first-order valence-corrected chi connectivity index (χ1v) is 6.06. The molecule has 0 bridgehead atoms. The van der Waals surface area contributed by atoms with Gasteiger partial charge in [-0.15, -0.1) is 16.7 Å². The molecule has 0 radical (unpaired) electrons. The van der Waals surface area contributed by atoms with E-state index in [0.29, 0.717) is 11.8 Å². The van der Waals surface area contributed by atoms with Crippen LogP contribution in [0.15, 0.2) is 36.4 Å². The first kappa shape index (κ1) is 12.6. The second kappa shape index (κ2) is 5.69. The minimum absolute atomic E-state index is 0.351. The number of alkyl halides is 1. The van der Waals surface area contributed by atoms with Crippen LogP contribution < -0.4 is 9.64 Å². The SMILES string of the molecule is CN(C)c1cccc(Oc2ccc(CCl)nn2)c1. The number of hydrogen-bond donors (Lipinski definition) is 0. The van der Waals surface area contributed by atoms with Gasteiger partial charge in [0.2, 0.25) is 5.88 Å². The Morgan fingerprint density at radius 3 is 2.61 bits per heavy atom. The molecule has 0 N–H and O–H groups in total. The summed E-state index contributed by atoms with van der Waals surface area (Å²) in [5.74, 6) is 1.54. The standard InChI is InChI=1S/C13H14ClN3O/c1-17(2)11-4-3-5-12(8-11)18-13-7-6-10(9-14)15-16-13/h3-8H,9H2,1-2H3. The molecule has 0 aliphatic heterocycles. The Morgan fingerprint density at radius 1 is 1.17 bits per heavy atom. The molecule has 0 spiro atoms. The second-order valence-electron chi connectivity index (χ2n) is 3.99. The fraction of sp³-hybridized carbons (Fsp3) is 0.231. The number of benzene rings is 1. The molecule has 0 fully saturated rings. The lowest BCUT2D eigenvalue weighted by Gasteiger charge is -2.13. The minimum atomic E-state index is 0.351. The number of rotatable bonds is 4. The lowest BCUT2D eigenvalue weighted by molar-refractivity contribution is 0.454. The van der Waals surface area contributed by atoms with E-state index in [1.807, 2.05) is 43.3 Å². The van der Waals surface area contributed by atoms with E-state index < -0.39 is 0 Å². The van der Waals surface area contributed by atoms with Crippen molar-refractivity contribution in [3.05, 3.63) is 42.1 Å². The molecule has 0 aliphatic carbocycles. The van der Waals surface area contributed by atoms with Gasteiger partial charge in [0.05, 0.1) is 11.6 Å². The monoisotopic (exact) mass is 263 g/mol. The molecule has 18 heavy (non-hydrogen) atoms. The lowest BCUT2D eigenvalue weighted by atomic mass is 10.3. The van der Waals surface area contributed by atoms with Gasteiger partial charge in [-0.25, -0.2) is 0 Å². The van der Waals surface area contributed by atoms with Crippen LogP contribution in [0.25, 0.3) is 0 Å². The van der Waals surface area contributed by atoms with Gasteiger partial charge in [0, 0.05) is 31.9 Å². The van der Waals surface area contributed by atoms with Gasteiger partial charge in [0.1, 0.15) is 5.75 Å². The predicted molar refractivity (Wildman–Crippen MR) is 72.4 cm³/mol. The normalized spacial score (nSPS) is 10.2. The third-order valence-electron chi connectivity index (χ3n) is 2.39. The molecule has 2 aromatic rings. The molecule has 2 rings (SSSR count). The Kier molecular flexibility index (Phi) is 3.99. The first-order chi connectivity index (χ1) is 8.69. The maximum atomic E-state index is 5.65. The van der Waals surface area contributed by atoms with Crippen molar-refractivity contribution in [3.8, 4) is 11.6 Å². The van der Waals surface area contributed by atoms with Crippen molar-refractivity contribution >= 4 is 17.3 Å². The summed E-state index contributed by atoms with van der Waals surface area (Å²) in [6.45, 7) is 0. The van der Waals surface area contributed by atoms with Gasteiger partial charge >= 0.3 is 0 Å². The zero-order valence-electron chi connectivity index (χ0n) is 10.3. The zero-order chi connectivity index (χ0) is 13.0. The van der Waals surface area contributed by atoms with Gasteiger partial charge in [-0.3, -0.25) is 0 Å². The van der Waals surface area contributed by atoms with E-state index in [-0.39, 0.29) is 0 Å². The van der Waals surface area contributed by atoms with Crippen LogP contribution in [-0.4, -0.2) is 24.3 Å². The summed E-state index contributed by atoms with van der Waals surface area (Å²) in [6.07, 6.45) is 0. The summed E-state index contributed by atoms with van der Waals surface area (Å²) in [7, 11) is 3.96. The van der Waals surface area contributed by atoms with Crippen molar-refractivity contribution in [3.63, 3.8) is 0 Å². The summed E-state index contributed by atoms with van der Waals surface area (Å²) < 4.78 is 5.63. The van der Waals surface area contributed by atoms with Crippen LogP contribution in [0.4, 0.5) is 5.69 Å². The summed E-state index contributed by atoms with van der Waals surface area (Å²) in [4.78, 5) is 2.01. The van der Waals surface area contributed by atoms with Crippen LogP contribution in [0.5, 0.6) is 11.6 Å². The van der Waals surface area contributed by atoms with E-state index in [0.717, 1.165) is 17.1 Å². The molecule has 1 aromatic carbocycles. The molecule has 4 nitrogen and oxygen atoms in total. The number of nitrogens with zero attached hydrogens (tertiary/aromatic N) is 3. The van der Waals surface area contributed by atoms with E-state index >= 15 is 0 Å². The third kappa shape index (κ3) is 3.11. The lowest BCUT2D eigenvalue weighted by Crippen LogP contribution is -2.08. The minimum Gasteiger partial charge on any atom is -0.437 e. The number of aromatic nitrogens is 2. The summed E-state index contributed by atoms with van der Waals surface area (Å²) >= 11 is 5.65. The Hall–Kier alpha value is -1.81. The highest BCUT2D eigenvalue weighted by Gasteiger charge is 2.02. The fourth-order valence-corrected chi connectivity index (χ4v) is 1.56. The van der Waals surface area contributed by atoms with Crippen LogP contribution in [0, 0.1) is 0 Å². The highest BCUT2D eigenvalue weighted by molar-refractivity contribution is 6.16. The molecule has 1 aromatic heterocycles. The van der Waals surface area contributed by atoms with Crippen LogP contribution in [0.1, 0.15) is 5.69 Å². The molecule has 94 valence electrons. The molecule has 0 aliphatic rings. The van der Waals surface area contributed by atoms with E-state index in [2.05, 4.69) is 10.2 Å². The molecular formula is C13H14ClN3O. The van der Waals surface area contributed by atoms with Gasteiger partial charge in [-0.2, -0.15) is 5.10 Å². The van der Waals surface area contributed by atoms with Crippen LogP contribution in [-0.2, 0) is 5.88 Å². The number of anilines is 1. The predicted octanol–water partition coefficient (Wildman–Crippen LogP) is 3.07. The topological polar surface area (TPSA) is 38.2 Å². The number of halogens is 1. The highest BCUT2D eigenvalue weighted by Crippen LogP contribution is 2.23. The zero-order valence-corrected chi connectivity index (χ0v) is 11.1. The molecule has 5 heteroatoms. The van der Waals surface area contributed by atoms with Crippen molar-refractivity contribution in [1.82, 2.24) is 10.2 Å². The van der Waals surface area contributed by atoms with E-state index in [4.69, 9.17) is 16.3 Å². The summed E-state index contributed by atoms with van der Waals surface area (Å²) in [5, 5.41) is 7.88. The Balaban J connectivity index is 2.15. The number of hydrogen-bond acceptors (Lipinski definition) is 4. The maximum Gasteiger partial charge on any atom is 0.238 e. The van der Waals surface area contributed by atoms with Crippen molar-refractivity contribution in [2.45, 2.75) is 5.88 Å². The number of ether oxygens (including phenoxy) is 1. The van der Waals surface area contributed by atoms with Crippen LogP contribution in [0.3, 0.4) is 0 Å². The van der Waals surface area contributed by atoms with E-state index in [1.165, 1.54) is 0 Å². The largest absolute Gasteiger partial charge is 0.437 e. The first-order valence-electron chi connectivity index (χ1n) is 5.53. The van der Waals surface area contributed by atoms with Gasteiger partial charge < -0.3 is 9.64 Å². The van der Waals surface area contributed by atoms with Crippen molar-refractivity contribution < 1.29 is 4.74 Å². The van der Waals surface area contributed by atoms with Crippen LogP contribution in [0.2, 0.25) is 0 Å². The molecular weight excluding hydrogens is 250 g/mol. The van der Waals surface area contributed by atoms with Gasteiger partial charge in [0.25, 0.3) is 0 Å². The van der Waals surface area contributed by atoms with Gasteiger partial charge in [-0.05, 0) is 18.2 Å². The molecule has 0 atom stereocenters. The summed E-state index contributed by atoms with van der Waals surface area (Å²) in [5.41, 5.74) is 1.80. The fourth-order valence-electron chi connectivity index (χ4n) is 1.42. The molecule has 1 heterocycles. The summed E-state index contributed by atoms with van der Waals surface area (Å²) in [6, 6.07) is 11.3. The highest BCUT2D eigenvalue weighted by atomic mass is 35.5. The van der Waals surface area contributed by atoms with Crippen molar-refractivity contribution in [2.24, 2.45) is 0 Å². The Bertz CT molecular complexity index is 514. The maximum absolute atomic E-state index is 5.65. The Labute approximate surface area is 111 Å². The van der Waals surface area contributed by atoms with E-state index in [9.17, 15) is 0 Å². The molecule has 0 unspecified atom stereocenters. The molecule has 0 amide bonds. The third-order valence-corrected chi connectivity index (χ3v) is 2.66.